The zero-order valence-corrected chi connectivity index (χ0v) is 10.5. The fraction of sp³-hybridized carbons (Fsp3) is 0.500. The van der Waals surface area contributed by atoms with Crippen LogP contribution in [-0.2, 0) is 0 Å². The molecule has 3 aliphatic rings. The van der Waals surface area contributed by atoms with Crippen LogP contribution in [-0.4, -0.2) is 35.7 Å². The number of anilines is 1. The molecule has 1 amide bonds. The van der Waals surface area contributed by atoms with Gasteiger partial charge in [-0.05, 0) is 56.9 Å². The summed E-state index contributed by atoms with van der Waals surface area (Å²) in [6.45, 7) is 4.18. The van der Waals surface area contributed by atoms with Crippen LogP contribution in [0.15, 0.2) is 30.3 Å². The van der Waals surface area contributed by atoms with Crippen molar-refractivity contribution in [3.8, 4) is 0 Å². The largest absolute Gasteiger partial charge is 0.465 e. The third-order valence-corrected chi connectivity index (χ3v) is 3.59. The number of para-hydroxylation sites is 1. The number of fused-ring (bicyclic) bond motifs is 3. The highest BCUT2D eigenvalue weighted by atomic mass is 16.4. The molecule has 1 aromatic carbocycles. The summed E-state index contributed by atoms with van der Waals surface area (Å²) in [5, 5.41) is 10.5. The minimum Gasteiger partial charge on any atom is -0.465 e. The maximum Gasteiger partial charge on any atom is 0.409 e. The summed E-state index contributed by atoms with van der Waals surface area (Å²) in [6, 6.07) is 8.74. The van der Waals surface area contributed by atoms with Crippen molar-refractivity contribution in [2.24, 2.45) is 5.92 Å². The normalized spacial score (nSPS) is 24.9. The molecule has 0 aromatic heterocycles. The second-order valence-electron chi connectivity index (χ2n) is 4.87. The molecular formula is C14H20N2O2. The van der Waals surface area contributed by atoms with E-state index in [4.69, 9.17) is 5.11 Å². The number of piperidine rings is 3. The molecule has 0 saturated carbocycles. The molecule has 0 aliphatic carbocycles. The van der Waals surface area contributed by atoms with Gasteiger partial charge in [-0.3, -0.25) is 5.32 Å². The fourth-order valence-electron chi connectivity index (χ4n) is 2.51. The summed E-state index contributed by atoms with van der Waals surface area (Å²) in [5.41, 5.74) is 0.593. The number of hydrogen-bond acceptors (Lipinski definition) is 2. The molecule has 3 aliphatic heterocycles. The van der Waals surface area contributed by atoms with Gasteiger partial charge in [-0.1, -0.05) is 18.2 Å². The van der Waals surface area contributed by atoms with E-state index in [1.165, 1.54) is 38.9 Å². The molecule has 3 saturated heterocycles. The molecule has 18 heavy (non-hydrogen) atoms. The van der Waals surface area contributed by atoms with E-state index in [2.05, 4.69) is 10.2 Å². The number of amides is 1. The van der Waals surface area contributed by atoms with Crippen LogP contribution in [0.25, 0.3) is 0 Å². The van der Waals surface area contributed by atoms with E-state index in [1.54, 1.807) is 24.3 Å². The van der Waals surface area contributed by atoms with Crippen LogP contribution in [0.4, 0.5) is 10.5 Å². The first-order valence-corrected chi connectivity index (χ1v) is 6.51. The van der Waals surface area contributed by atoms with Crippen LogP contribution < -0.4 is 5.32 Å². The van der Waals surface area contributed by atoms with Crippen LogP contribution in [0.3, 0.4) is 0 Å². The predicted molar refractivity (Wildman–Crippen MR) is 71.9 cm³/mol. The van der Waals surface area contributed by atoms with Crippen molar-refractivity contribution in [1.29, 1.82) is 0 Å². The van der Waals surface area contributed by atoms with Gasteiger partial charge in [0.1, 0.15) is 0 Å². The lowest BCUT2D eigenvalue weighted by Crippen LogP contribution is -2.41. The zero-order chi connectivity index (χ0) is 12.8. The molecule has 0 spiro atoms. The number of benzene rings is 1. The average Bonchev–Trinajstić information content (AvgIpc) is 2.42. The predicted octanol–water partition coefficient (Wildman–Crippen LogP) is 2.88. The Morgan fingerprint density at radius 1 is 1.11 bits per heavy atom. The maximum atomic E-state index is 10.1. The second-order valence-corrected chi connectivity index (χ2v) is 4.87. The smallest absolute Gasteiger partial charge is 0.409 e. The van der Waals surface area contributed by atoms with Crippen molar-refractivity contribution < 1.29 is 9.90 Å². The molecule has 0 atom stereocenters. The van der Waals surface area contributed by atoms with Gasteiger partial charge in [0.25, 0.3) is 0 Å². The van der Waals surface area contributed by atoms with E-state index in [9.17, 15) is 4.79 Å². The topological polar surface area (TPSA) is 52.6 Å². The molecule has 3 fully saturated rings. The summed E-state index contributed by atoms with van der Waals surface area (Å²) in [4.78, 5) is 12.6. The third-order valence-electron chi connectivity index (χ3n) is 3.59. The maximum absolute atomic E-state index is 10.1. The third kappa shape index (κ3) is 4.04. The van der Waals surface area contributed by atoms with Gasteiger partial charge in [-0.2, -0.15) is 0 Å². The lowest BCUT2D eigenvalue weighted by atomic mass is 9.89. The molecule has 2 N–H and O–H groups in total. The molecule has 0 radical (unpaired) electrons. The van der Waals surface area contributed by atoms with Crippen molar-refractivity contribution in [2.75, 3.05) is 25.0 Å². The Morgan fingerprint density at radius 3 is 2.00 bits per heavy atom. The van der Waals surface area contributed by atoms with Gasteiger partial charge in [0.05, 0.1) is 0 Å². The molecule has 2 bridgehead atoms. The number of carboxylic acid groups (broad SMARTS) is 1. The number of carbonyl (C=O) groups is 1. The molecule has 4 nitrogen and oxygen atoms in total. The first kappa shape index (κ1) is 12.9. The van der Waals surface area contributed by atoms with Crippen molar-refractivity contribution in [2.45, 2.75) is 19.3 Å². The number of nitrogens with one attached hydrogen (secondary N) is 1. The highest BCUT2D eigenvalue weighted by Crippen LogP contribution is 2.26. The van der Waals surface area contributed by atoms with E-state index >= 15 is 0 Å². The summed E-state index contributed by atoms with van der Waals surface area (Å²) >= 11 is 0. The highest BCUT2D eigenvalue weighted by Gasteiger charge is 2.24. The molecular weight excluding hydrogens is 228 g/mol. The van der Waals surface area contributed by atoms with E-state index < -0.39 is 6.09 Å². The van der Waals surface area contributed by atoms with Gasteiger partial charge in [0, 0.05) is 5.69 Å². The summed E-state index contributed by atoms with van der Waals surface area (Å²) < 4.78 is 0. The quantitative estimate of drug-likeness (QED) is 0.803. The van der Waals surface area contributed by atoms with Gasteiger partial charge < -0.3 is 10.0 Å². The molecule has 4 rings (SSSR count). The number of nitrogens with zero attached hydrogens (tertiary/aromatic N) is 1. The summed E-state index contributed by atoms with van der Waals surface area (Å²) in [7, 11) is 0. The van der Waals surface area contributed by atoms with Crippen molar-refractivity contribution >= 4 is 11.8 Å². The Hall–Kier alpha value is -1.55. The Labute approximate surface area is 108 Å². The highest BCUT2D eigenvalue weighted by molar-refractivity contribution is 5.82. The number of hydrogen-bond donors (Lipinski definition) is 2. The fourth-order valence-corrected chi connectivity index (χ4v) is 2.51. The van der Waals surface area contributed by atoms with Crippen LogP contribution in [0.1, 0.15) is 19.3 Å². The zero-order valence-electron chi connectivity index (χ0n) is 10.5. The summed E-state index contributed by atoms with van der Waals surface area (Å²) in [5.74, 6) is 1.11. The SMILES string of the molecule is C1CN2CCC1CC2.O=C(O)Nc1ccccc1. The van der Waals surface area contributed by atoms with Crippen molar-refractivity contribution in [1.82, 2.24) is 4.90 Å². The minimum atomic E-state index is -1.04. The molecule has 1 aromatic rings. The van der Waals surface area contributed by atoms with Crippen LogP contribution in [0.2, 0.25) is 0 Å². The van der Waals surface area contributed by atoms with Crippen LogP contribution in [0, 0.1) is 5.92 Å². The lowest BCUT2D eigenvalue weighted by Gasteiger charge is -2.38. The van der Waals surface area contributed by atoms with Gasteiger partial charge in [-0.25, -0.2) is 4.79 Å². The van der Waals surface area contributed by atoms with E-state index in [0.29, 0.717) is 5.69 Å². The van der Waals surface area contributed by atoms with Crippen LogP contribution >= 0.6 is 0 Å². The van der Waals surface area contributed by atoms with Gasteiger partial charge in [0.2, 0.25) is 0 Å². The molecule has 4 heteroatoms. The average molecular weight is 248 g/mol. The number of rotatable bonds is 1. The molecule has 98 valence electrons. The minimum absolute atomic E-state index is 0.593. The van der Waals surface area contributed by atoms with Gasteiger partial charge in [0.15, 0.2) is 0 Å². The molecule has 3 heterocycles. The molecule has 0 unspecified atom stereocenters. The standard InChI is InChI=1S/C7H7NO2.C7H13N/c9-7(10)8-6-4-2-1-3-5-6;1-4-8-5-2-7(1)3-6-8/h1-5,8H,(H,9,10);7H,1-6H2. The summed E-state index contributed by atoms with van der Waals surface area (Å²) in [6.07, 6.45) is 3.42. The van der Waals surface area contributed by atoms with Crippen molar-refractivity contribution in [3.05, 3.63) is 30.3 Å². The monoisotopic (exact) mass is 248 g/mol. The van der Waals surface area contributed by atoms with Gasteiger partial charge >= 0.3 is 6.09 Å². The van der Waals surface area contributed by atoms with Crippen LogP contribution in [0.5, 0.6) is 0 Å². The first-order chi connectivity index (χ1) is 8.74. The van der Waals surface area contributed by atoms with E-state index in [1.807, 2.05) is 6.07 Å². The first-order valence-electron chi connectivity index (χ1n) is 6.51. The van der Waals surface area contributed by atoms with Crippen molar-refractivity contribution in [3.63, 3.8) is 0 Å². The Kier molecular flexibility index (Phi) is 4.59. The van der Waals surface area contributed by atoms with E-state index in [0.717, 1.165) is 5.92 Å². The Balaban J connectivity index is 0.000000136. The van der Waals surface area contributed by atoms with E-state index in [-0.39, 0.29) is 0 Å². The lowest BCUT2D eigenvalue weighted by molar-refractivity contribution is 0.111. The Morgan fingerprint density at radius 2 is 1.67 bits per heavy atom. The Bertz CT molecular complexity index is 350. The van der Waals surface area contributed by atoms with Gasteiger partial charge in [-0.15, -0.1) is 0 Å². The second kappa shape index (κ2) is 6.40.